The average Bonchev–Trinajstić information content (AvgIpc) is 2.77. The van der Waals surface area contributed by atoms with Gasteiger partial charge in [-0.25, -0.2) is 4.98 Å². The third-order valence-electron chi connectivity index (χ3n) is 2.70. The average molecular weight is 286 g/mol. The lowest BCUT2D eigenvalue weighted by Gasteiger charge is -2.15. The fraction of sp³-hybridized carbons (Fsp3) is 0.667. The number of aromatic nitrogens is 1. The fourth-order valence-corrected chi connectivity index (χ4v) is 2.54. The summed E-state index contributed by atoms with van der Waals surface area (Å²) < 4.78 is 4.96. The second-order valence-electron chi connectivity index (χ2n) is 4.35. The first-order valence-corrected chi connectivity index (χ1v) is 7.04. The van der Waals surface area contributed by atoms with Gasteiger partial charge in [0.1, 0.15) is 10.7 Å². The van der Waals surface area contributed by atoms with Crippen molar-refractivity contribution >= 4 is 28.2 Å². The van der Waals surface area contributed by atoms with Crippen molar-refractivity contribution in [1.29, 1.82) is 0 Å². The number of methoxy groups -OCH3 is 1. The standard InChI is InChI=1S/C12H22N4O2S/c1-5-6-16(3)12-14-10(13)9(19-12)11(17)15(2)7-8-18-4/h5-8,13H2,1-4H3. The summed E-state index contributed by atoms with van der Waals surface area (Å²) in [4.78, 5) is 20.6. The number of carbonyl (C=O) groups is 1. The van der Waals surface area contributed by atoms with Gasteiger partial charge < -0.3 is 20.3 Å². The van der Waals surface area contributed by atoms with Crippen LogP contribution in [0.4, 0.5) is 10.9 Å². The van der Waals surface area contributed by atoms with Gasteiger partial charge >= 0.3 is 0 Å². The molecule has 0 spiro atoms. The zero-order valence-electron chi connectivity index (χ0n) is 12.0. The normalized spacial score (nSPS) is 10.5. The van der Waals surface area contributed by atoms with E-state index in [1.807, 2.05) is 11.9 Å². The number of hydrogen-bond donors (Lipinski definition) is 1. The highest BCUT2D eigenvalue weighted by molar-refractivity contribution is 7.18. The summed E-state index contributed by atoms with van der Waals surface area (Å²) in [6, 6.07) is 0. The molecule has 0 saturated heterocycles. The SMILES string of the molecule is CCCN(C)c1nc(N)c(C(=O)N(C)CCOC)s1. The third-order valence-corrected chi connectivity index (χ3v) is 3.87. The molecule has 1 aromatic rings. The quantitative estimate of drug-likeness (QED) is 0.818. The van der Waals surface area contributed by atoms with Gasteiger partial charge in [0.2, 0.25) is 0 Å². The molecule has 1 aromatic heterocycles. The zero-order chi connectivity index (χ0) is 14.4. The minimum absolute atomic E-state index is 0.108. The Labute approximate surface area is 118 Å². The topological polar surface area (TPSA) is 71.7 Å². The number of amides is 1. The van der Waals surface area contributed by atoms with E-state index in [2.05, 4.69) is 11.9 Å². The van der Waals surface area contributed by atoms with E-state index in [-0.39, 0.29) is 5.91 Å². The Balaban J connectivity index is 2.80. The van der Waals surface area contributed by atoms with Crippen LogP contribution in [0.5, 0.6) is 0 Å². The van der Waals surface area contributed by atoms with E-state index in [9.17, 15) is 4.79 Å². The molecule has 0 bridgehead atoms. The van der Waals surface area contributed by atoms with Crippen LogP contribution < -0.4 is 10.6 Å². The van der Waals surface area contributed by atoms with Gasteiger partial charge in [-0.1, -0.05) is 18.3 Å². The molecule has 1 rings (SSSR count). The Bertz CT molecular complexity index is 422. The van der Waals surface area contributed by atoms with Gasteiger partial charge in [0.15, 0.2) is 5.13 Å². The van der Waals surface area contributed by atoms with Crippen LogP contribution in [0.3, 0.4) is 0 Å². The Morgan fingerprint density at radius 1 is 1.42 bits per heavy atom. The molecular formula is C12H22N4O2S. The van der Waals surface area contributed by atoms with Gasteiger partial charge in [-0.05, 0) is 6.42 Å². The first-order chi connectivity index (χ1) is 9.01. The number of nitrogens with zero attached hydrogens (tertiary/aromatic N) is 3. The van der Waals surface area contributed by atoms with Gasteiger partial charge in [-0.3, -0.25) is 4.79 Å². The van der Waals surface area contributed by atoms with E-state index in [4.69, 9.17) is 10.5 Å². The summed E-state index contributed by atoms with van der Waals surface area (Å²) in [5, 5.41) is 0.780. The largest absolute Gasteiger partial charge is 0.383 e. The van der Waals surface area contributed by atoms with Gasteiger partial charge in [-0.15, -0.1) is 0 Å². The second kappa shape index (κ2) is 7.30. The lowest BCUT2D eigenvalue weighted by atomic mass is 10.4. The molecule has 6 nitrogen and oxygen atoms in total. The number of carbonyl (C=O) groups excluding carboxylic acids is 1. The molecule has 0 aromatic carbocycles. The van der Waals surface area contributed by atoms with Crippen molar-refractivity contribution in [3.05, 3.63) is 4.88 Å². The summed E-state index contributed by atoms with van der Waals surface area (Å²) in [5.74, 6) is 0.195. The molecule has 1 heterocycles. The number of likely N-dealkylation sites (N-methyl/N-ethyl adjacent to an activating group) is 1. The molecule has 0 saturated carbocycles. The summed E-state index contributed by atoms with van der Waals surface area (Å²) in [6.45, 7) is 4.02. The molecule has 0 aliphatic carbocycles. The molecule has 7 heteroatoms. The maximum Gasteiger partial charge on any atom is 0.267 e. The lowest BCUT2D eigenvalue weighted by molar-refractivity contribution is 0.0749. The van der Waals surface area contributed by atoms with Crippen LogP contribution in [-0.2, 0) is 4.74 Å². The van der Waals surface area contributed by atoms with Crippen molar-refractivity contribution < 1.29 is 9.53 Å². The molecule has 0 aliphatic heterocycles. The highest BCUT2D eigenvalue weighted by atomic mass is 32.1. The number of ether oxygens (including phenoxy) is 1. The molecule has 0 atom stereocenters. The Morgan fingerprint density at radius 2 is 2.11 bits per heavy atom. The maximum atomic E-state index is 12.2. The van der Waals surface area contributed by atoms with Gasteiger partial charge in [-0.2, -0.15) is 0 Å². The highest BCUT2D eigenvalue weighted by Gasteiger charge is 2.20. The van der Waals surface area contributed by atoms with Gasteiger partial charge in [0.25, 0.3) is 5.91 Å². The van der Waals surface area contributed by atoms with Crippen LogP contribution in [0, 0.1) is 0 Å². The van der Waals surface area contributed by atoms with E-state index in [1.54, 1.807) is 19.1 Å². The summed E-state index contributed by atoms with van der Waals surface area (Å²) in [7, 11) is 5.29. The van der Waals surface area contributed by atoms with E-state index in [0.29, 0.717) is 23.8 Å². The molecule has 0 unspecified atom stereocenters. The summed E-state index contributed by atoms with van der Waals surface area (Å²) >= 11 is 1.34. The molecule has 0 radical (unpaired) electrons. The summed E-state index contributed by atoms with van der Waals surface area (Å²) in [5.41, 5.74) is 5.84. The number of nitrogen functional groups attached to an aromatic ring is 1. The van der Waals surface area contributed by atoms with E-state index < -0.39 is 0 Å². The Kier molecular flexibility index (Phi) is 6.04. The van der Waals surface area contributed by atoms with E-state index >= 15 is 0 Å². The minimum Gasteiger partial charge on any atom is -0.383 e. The third kappa shape index (κ3) is 4.07. The Morgan fingerprint density at radius 3 is 2.68 bits per heavy atom. The molecular weight excluding hydrogens is 264 g/mol. The van der Waals surface area contributed by atoms with E-state index in [1.165, 1.54) is 11.3 Å². The zero-order valence-corrected chi connectivity index (χ0v) is 12.8. The van der Waals surface area contributed by atoms with Crippen LogP contribution in [0.25, 0.3) is 0 Å². The van der Waals surface area contributed by atoms with Crippen molar-refractivity contribution in [2.45, 2.75) is 13.3 Å². The van der Waals surface area contributed by atoms with Crippen molar-refractivity contribution in [1.82, 2.24) is 9.88 Å². The van der Waals surface area contributed by atoms with Crippen molar-refractivity contribution in [2.24, 2.45) is 0 Å². The second-order valence-corrected chi connectivity index (χ2v) is 5.33. The first-order valence-electron chi connectivity index (χ1n) is 6.23. The predicted octanol–water partition coefficient (Wildman–Crippen LogP) is 1.29. The minimum atomic E-state index is -0.108. The smallest absolute Gasteiger partial charge is 0.267 e. The van der Waals surface area contributed by atoms with E-state index in [0.717, 1.165) is 18.1 Å². The molecule has 108 valence electrons. The van der Waals surface area contributed by atoms with Crippen LogP contribution >= 0.6 is 11.3 Å². The van der Waals surface area contributed by atoms with Crippen LogP contribution in [0.15, 0.2) is 0 Å². The Hall–Kier alpha value is -1.34. The van der Waals surface area contributed by atoms with Crippen molar-refractivity contribution in [3.63, 3.8) is 0 Å². The number of nitrogens with two attached hydrogens (primary N) is 1. The van der Waals surface area contributed by atoms with Crippen molar-refractivity contribution in [3.8, 4) is 0 Å². The first kappa shape index (κ1) is 15.7. The maximum absolute atomic E-state index is 12.2. The fourth-order valence-electron chi connectivity index (χ4n) is 1.57. The van der Waals surface area contributed by atoms with Crippen LogP contribution in [0.2, 0.25) is 0 Å². The number of rotatable bonds is 7. The van der Waals surface area contributed by atoms with Gasteiger partial charge in [0.05, 0.1) is 6.61 Å². The molecule has 2 N–H and O–H groups in total. The van der Waals surface area contributed by atoms with Crippen molar-refractivity contribution in [2.75, 3.05) is 51.5 Å². The highest BCUT2D eigenvalue weighted by Crippen LogP contribution is 2.28. The number of anilines is 2. The van der Waals surface area contributed by atoms with Gasteiger partial charge in [0, 0.05) is 34.3 Å². The number of hydrogen-bond acceptors (Lipinski definition) is 6. The summed E-state index contributed by atoms with van der Waals surface area (Å²) in [6.07, 6.45) is 1.02. The van der Waals surface area contributed by atoms with Crippen LogP contribution in [-0.4, -0.2) is 56.7 Å². The molecule has 0 fully saturated rings. The monoisotopic (exact) mass is 286 g/mol. The number of thiazole rings is 1. The van der Waals surface area contributed by atoms with Crippen LogP contribution in [0.1, 0.15) is 23.0 Å². The molecule has 19 heavy (non-hydrogen) atoms. The lowest BCUT2D eigenvalue weighted by Crippen LogP contribution is -2.29. The predicted molar refractivity (Wildman–Crippen MR) is 78.9 cm³/mol. The molecule has 0 aliphatic rings. The molecule has 1 amide bonds.